The third-order valence-corrected chi connectivity index (χ3v) is 3.16. The quantitative estimate of drug-likeness (QED) is 0.668. The van der Waals surface area contributed by atoms with Crippen LogP contribution in [0, 0.1) is 0 Å². The van der Waals surface area contributed by atoms with E-state index in [-0.39, 0.29) is 13.1 Å². The van der Waals surface area contributed by atoms with Crippen molar-refractivity contribution in [3.05, 3.63) is 24.3 Å². The van der Waals surface area contributed by atoms with Crippen LogP contribution in [0.4, 0.5) is 11.4 Å². The van der Waals surface area contributed by atoms with Crippen LogP contribution < -0.4 is 20.1 Å². The van der Waals surface area contributed by atoms with Gasteiger partial charge in [-0.15, -0.1) is 0 Å². The maximum absolute atomic E-state index is 11.5. The Hall–Kier alpha value is -1.31. The molecule has 17 heavy (non-hydrogen) atoms. The third-order valence-electron chi connectivity index (χ3n) is 2.07. The summed E-state index contributed by atoms with van der Waals surface area (Å²) >= 11 is 0. The zero-order valence-electron chi connectivity index (χ0n) is 9.97. The van der Waals surface area contributed by atoms with E-state index < -0.39 is 10.2 Å². The minimum absolute atomic E-state index is 0.213. The van der Waals surface area contributed by atoms with E-state index in [0.717, 1.165) is 5.69 Å². The van der Waals surface area contributed by atoms with Gasteiger partial charge in [-0.2, -0.15) is 13.1 Å². The van der Waals surface area contributed by atoms with Gasteiger partial charge in [0.15, 0.2) is 0 Å². The summed E-state index contributed by atoms with van der Waals surface area (Å²) < 4.78 is 27.7. The van der Waals surface area contributed by atoms with Gasteiger partial charge in [0, 0.05) is 38.6 Å². The molecule has 0 unspecified atom stereocenters. The number of hydrogen-bond donors (Lipinski definition) is 3. The molecule has 1 rings (SSSR count). The molecule has 0 aliphatic rings. The summed E-state index contributed by atoms with van der Waals surface area (Å²) in [5.41, 5.74) is 6.74. The minimum Gasteiger partial charge on any atom is -0.378 e. The molecule has 0 aromatic heterocycles. The molecule has 1 aromatic rings. The first-order valence-electron chi connectivity index (χ1n) is 5.19. The Morgan fingerprint density at radius 3 is 2.29 bits per heavy atom. The van der Waals surface area contributed by atoms with Crippen LogP contribution >= 0.6 is 0 Å². The number of benzene rings is 1. The summed E-state index contributed by atoms with van der Waals surface area (Å²) in [4.78, 5) is 1.94. The van der Waals surface area contributed by atoms with Crippen molar-refractivity contribution in [2.75, 3.05) is 36.8 Å². The molecule has 0 heterocycles. The van der Waals surface area contributed by atoms with Crippen LogP contribution in [-0.4, -0.2) is 35.6 Å². The van der Waals surface area contributed by atoms with E-state index in [2.05, 4.69) is 9.44 Å². The maximum atomic E-state index is 11.5. The standard InChI is InChI=1S/C10H18N4O2S/c1-14(2)10-5-3-9(4-6-10)13-17(15,16)12-8-7-11/h3-6,12-13H,7-8,11H2,1-2H3. The number of nitrogens with two attached hydrogens (primary N) is 1. The van der Waals surface area contributed by atoms with Gasteiger partial charge < -0.3 is 10.6 Å². The molecule has 0 saturated carbocycles. The van der Waals surface area contributed by atoms with Crippen LogP contribution in [0.15, 0.2) is 24.3 Å². The highest BCUT2D eigenvalue weighted by atomic mass is 32.2. The summed E-state index contributed by atoms with van der Waals surface area (Å²) in [6.07, 6.45) is 0. The van der Waals surface area contributed by atoms with Gasteiger partial charge >= 0.3 is 0 Å². The molecule has 0 aliphatic heterocycles. The lowest BCUT2D eigenvalue weighted by molar-refractivity contribution is 0.587. The summed E-state index contributed by atoms with van der Waals surface area (Å²) in [6, 6.07) is 7.08. The van der Waals surface area contributed by atoms with E-state index in [4.69, 9.17) is 5.73 Å². The van der Waals surface area contributed by atoms with Crippen molar-refractivity contribution in [3.8, 4) is 0 Å². The van der Waals surface area contributed by atoms with Gasteiger partial charge in [-0.25, -0.2) is 0 Å². The molecule has 4 N–H and O–H groups in total. The summed E-state index contributed by atoms with van der Waals surface area (Å²) in [6.45, 7) is 0.478. The first kappa shape index (κ1) is 13.8. The van der Waals surface area contributed by atoms with Crippen molar-refractivity contribution in [1.82, 2.24) is 4.72 Å². The lowest BCUT2D eigenvalue weighted by Crippen LogP contribution is -2.33. The molecule has 1 aromatic carbocycles. The molecule has 0 radical (unpaired) electrons. The predicted octanol–water partition coefficient (Wildman–Crippen LogP) is -0.0424. The fourth-order valence-corrected chi connectivity index (χ4v) is 2.12. The van der Waals surface area contributed by atoms with Crippen LogP contribution in [0.2, 0.25) is 0 Å². The Labute approximate surface area is 102 Å². The summed E-state index contributed by atoms with van der Waals surface area (Å²) in [5.74, 6) is 0. The number of rotatable bonds is 6. The molecule has 96 valence electrons. The van der Waals surface area contributed by atoms with Crippen LogP contribution in [0.25, 0.3) is 0 Å². The van der Waals surface area contributed by atoms with Crippen molar-refractivity contribution < 1.29 is 8.42 Å². The van der Waals surface area contributed by atoms with Crippen LogP contribution in [0.5, 0.6) is 0 Å². The molecule has 0 aliphatic carbocycles. The van der Waals surface area contributed by atoms with E-state index in [0.29, 0.717) is 5.69 Å². The van der Waals surface area contributed by atoms with Gasteiger partial charge in [0.25, 0.3) is 10.2 Å². The number of nitrogens with one attached hydrogen (secondary N) is 2. The van der Waals surface area contributed by atoms with Gasteiger partial charge in [0.05, 0.1) is 0 Å². The topological polar surface area (TPSA) is 87.5 Å². The molecule has 6 nitrogen and oxygen atoms in total. The molecular formula is C10H18N4O2S. The van der Waals surface area contributed by atoms with Crippen molar-refractivity contribution in [1.29, 1.82) is 0 Å². The summed E-state index contributed by atoms with van der Waals surface area (Å²) in [5, 5.41) is 0. The number of hydrogen-bond acceptors (Lipinski definition) is 4. The second kappa shape index (κ2) is 5.85. The van der Waals surface area contributed by atoms with E-state index in [9.17, 15) is 8.42 Å². The Bertz CT molecular complexity index is 442. The molecule has 7 heteroatoms. The lowest BCUT2D eigenvalue weighted by Gasteiger charge is -2.13. The largest absolute Gasteiger partial charge is 0.378 e. The van der Waals surface area contributed by atoms with Gasteiger partial charge in [0.1, 0.15) is 0 Å². The highest BCUT2D eigenvalue weighted by molar-refractivity contribution is 7.90. The molecule has 0 atom stereocenters. The van der Waals surface area contributed by atoms with Crippen LogP contribution in [-0.2, 0) is 10.2 Å². The molecule has 0 saturated heterocycles. The Balaban J connectivity index is 2.69. The fraction of sp³-hybridized carbons (Fsp3) is 0.400. The Morgan fingerprint density at radius 1 is 1.24 bits per heavy atom. The smallest absolute Gasteiger partial charge is 0.299 e. The second-order valence-corrected chi connectivity index (χ2v) is 5.23. The number of nitrogens with zero attached hydrogens (tertiary/aromatic N) is 1. The average molecular weight is 258 g/mol. The van der Waals surface area contributed by atoms with Gasteiger partial charge in [-0.3, -0.25) is 4.72 Å². The second-order valence-electron chi connectivity index (χ2n) is 3.73. The van der Waals surface area contributed by atoms with E-state index in [1.54, 1.807) is 12.1 Å². The summed E-state index contributed by atoms with van der Waals surface area (Å²) in [7, 11) is 0.314. The zero-order chi connectivity index (χ0) is 12.9. The lowest BCUT2D eigenvalue weighted by atomic mass is 10.3. The zero-order valence-corrected chi connectivity index (χ0v) is 10.8. The monoisotopic (exact) mass is 258 g/mol. The van der Waals surface area contributed by atoms with Gasteiger partial charge in [-0.05, 0) is 24.3 Å². The van der Waals surface area contributed by atoms with Crippen molar-refractivity contribution in [2.24, 2.45) is 5.73 Å². The number of anilines is 2. The maximum Gasteiger partial charge on any atom is 0.299 e. The average Bonchev–Trinajstić information content (AvgIpc) is 2.26. The first-order chi connectivity index (χ1) is 7.94. The normalized spacial score (nSPS) is 11.2. The van der Waals surface area contributed by atoms with E-state index in [1.165, 1.54) is 0 Å². The molecule has 0 bridgehead atoms. The van der Waals surface area contributed by atoms with Crippen molar-refractivity contribution in [2.45, 2.75) is 0 Å². The van der Waals surface area contributed by atoms with Crippen molar-refractivity contribution in [3.63, 3.8) is 0 Å². The highest BCUT2D eigenvalue weighted by Crippen LogP contribution is 2.16. The van der Waals surface area contributed by atoms with E-state index >= 15 is 0 Å². The molecule has 0 amide bonds. The predicted molar refractivity (Wildman–Crippen MR) is 70.4 cm³/mol. The fourth-order valence-electron chi connectivity index (χ4n) is 1.21. The van der Waals surface area contributed by atoms with Crippen LogP contribution in [0.1, 0.15) is 0 Å². The van der Waals surface area contributed by atoms with Crippen molar-refractivity contribution >= 4 is 21.6 Å². The first-order valence-corrected chi connectivity index (χ1v) is 6.68. The van der Waals surface area contributed by atoms with Gasteiger partial charge in [-0.1, -0.05) is 0 Å². The minimum atomic E-state index is -3.52. The molecule has 0 fully saturated rings. The van der Waals surface area contributed by atoms with Gasteiger partial charge in [0.2, 0.25) is 0 Å². The van der Waals surface area contributed by atoms with Crippen LogP contribution in [0.3, 0.4) is 0 Å². The Kier molecular flexibility index (Phi) is 4.73. The highest BCUT2D eigenvalue weighted by Gasteiger charge is 2.08. The SMILES string of the molecule is CN(C)c1ccc(NS(=O)(=O)NCCN)cc1. The molecular weight excluding hydrogens is 240 g/mol. The van der Waals surface area contributed by atoms with E-state index in [1.807, 2.05) is 31.1 Å². The molecule has 0 spiro atoms. The third kappa shape index (κ3) is 4.59. The Morgan fingerprint density at radius 2 is 1.82 bits per heavy atom.